The predicted molar refractivity (Wildman–Crippen MR) is 86.3 cm³/mol. The number of hydrogen-bond donors (Lipinski definition) is 0. The molecule has 0 aliphatic carbocycles. The first kappa shape index (κ1) is 16.8. The first-order valence-electron chi connectivity index (χ1n) is 7.93. The molecule has 0 amide bonds. The second-order valence-corrected chi connectivity index (χ2v) is 5.15. The van der Waals surface area contributed by atoms with Gasteiger partial charge in [0, 0.05) is 12.6 Å². The molecule has 0 unspecified atom stereocenters. The Balaban J connectivity index is 1.71. The van der Waals surface area contributed by atoms with E-state index in [0.29, 0.717) is 19.6 Å². The lowest BCUT2D eigenvalue weighted by atomic mass is 10.2. The summed E-state index contributed by atoms with van der Waals surface area (Å²) in [5, 5.41) is 16.7. The zero-order valence-corrected chi connectivity index (χ0v) is 13.4. The molecule has 0 saturated carbocycles. The van der Waals surface area contributed by atoms with Gasteiger partial charge in [0.05, 0.1) is 24.9 Å². The molecule has 0 atom stereocenters. The molecule has 2 rings (SSSR count). The Morgan fingerprint density at radius 1 is 1.13 bits per heavy atom. The number of ether oxygens (including phenoxy) is 2. The number of aromatic nitrogens is 3. The van der Waals surface area contributed by atoms with E-state index in [1.807, 2.05) is 30.5 Å². The van der Waals surface area contributed by atoms with Crippen molar-refractivity contribution in [2.75, 3.05) is 13.2 Å². The molecule has 0 aliphatic rings. The molecule has 1 heterocycles. The quantitative estimate of drug-likeness (QED) is 0.630. The smallest absolute Gasteiger partial charge is 0.119 e. The zero-order chi connectivity index (χ0) is 16.3. The molecule has 0 N–H and O–H groups in total. The molecule has 6 heteroatoms. The van der Waals surface area contributed by atoms with Crippen molar-refractivity contribution in [3.8, 4) is 17.6 Å². The minimum absolute atomic E-state index is 0.524. The van der Waals surface area contributed by atoms with E-state index >= 15 is 0 Å². The highest BCUT2D eigenvalue weighted by atomic mass is 16.5. The Kier molecular flexibility index (Phi) is 6.92. The van der Waals surface area contributed by atoms with E-state index in [0.717, 1.165) is 43.1 Å². The Bertz CT molecular complexity index is 616. The third kappa shape index (κ3) is 5.99. The minimum atomic E-state index is 0.524. The Morgan fingerprint density at radius 2 is 1.83 bits per heavy atom. The van der Waals surface area contributed by atoms with Gasteiger partial charge in [-0.25, -0.2) is 4.68 Å². The molecule has 6 nitrogen and oxygen atoms in total. The number of unbranched alkanes of at least 4 members (excludes halogenated alkanes) is 1. The van der Waals surface area contributed by atoms with Gasteiger partial charge in [0.2, 0.25) is 0 Å². The number of aryl methyl sites for hydroxylation is 1. The van der Waals surface area contributed by atoms with Gasteiger partial charge in [-0.3, -0.25) is 0 Å². The third-order valence-corrected chi connectivity index (χ3v) is 3.19. The maximum atomic E-state index is 8.52. The van der Waals surface area contributed by atoms with E-state index in [-0.39, 0.29) is 0 Å². The molecule has 1 aromatic carbocycles. The average molecular weight is 314 g/mol. The fourth-order valence-electron chi connectivity index (χ4n) is 2.02. The molecule has 0 radical (unpaired) electrons. The summed E-state index contributed by atoms with van der Waals surface area (Å²) in [7, 11) is 0. The maximum Gasteiger partial charge on any atom is 0.119 e. The van der Waals surface area contributed by atoms with Crippen LogP contribution in [-0.2, 0) is 13.0 Å². The summed E-state index contributed by atoms with van der Waals surface area (Å²) >= 11 is 0. The SMILES string of the molecule is CCCOc1ccc(OCCn2cc(CCCC#N)nn2)cc1. The standard InChI is InChI=1S/C17H22N4O2/c1-2-12-22-16-6-8-17(9-7-16)23-13-11-21-14-15(19-20-21)5-3-4-10-18/h6-9,14H,2-5,11-13H2,1H3. The van der Waals surface area contributed by atoms with E-state index in [9.17, 15) is 0 Å². The third-order valence-electron chi connectivity index (χ3n) is 3.19. The second kappa shape index (κ2) is 9.46. The fraction of sp³-hybridized carbons (Fsp3) is 0.471. The van der Waals surface area contributed by atoms with Crippen molar-refractivity contribution in [1.82, 2.24) is 15.0 Å². The Morgan fingerprint density at radius 3 is 2.48 bits per heavy atom. The van der Waals surface area contributed by atoms with Gasteiger partial charge in [-0.15, -0.1) is 5.10 Å². The van der Waals surface area contributed by atoms with Crippen molar-refractivity contribution < 1.29 is 9.47 Å². The van der Waals surface area contributed by atoms with Gasteiger partial charge in [-0.2, -0.15) is 5.26 Å². The van der Waals surface area contributed by atoms with Gasteiger partial charge in [-0.1, -0.05) is 12.1 Å². The van der Waals surface area contributed by atoms with Crippen LogP contribution in [-0.4, -0.2) is 28.2 Å². The van der Waals surface area contributed by atoms with Crippen LogP contribution in [0.15, 0.2) is 30.5 Å². The van der Waals surface area contributed by atoms with Crippen LogP contribution in [0.1, 0.15) is 31.9 Å². The van der Waals surface area contributed by atoms with Crippen molar-refractivity contribution in [3.63, 3.8) is 0 Å². The molecule has 0 bridgehead atoms. The molecule has 0 aliphatic heterocycles. The fourth-order valence-corrected chi connectivity index (χ4v) is 2.02. The van der Waals surface area contributed by atoms with Gasteiger partial charge in [0.15, 0.2) is 0 Å². The van der Waals surface area contributed by atoms with Gasteiger partial charge in [0.1, 0.15) is 18.1 Å². The molecule has 122 valence electrons. The van der Waals surface area contributed by atoms with Gasteiger partial charge < -0.3 is 9.47 Å². The first-order valence-corrected chi connectivity index (χ1v) is 7.93. The van der Waals surface area contributed by atoms with Crippen LogP contribution >= 0.6 is 0 Å². The van der Waals surface area contributed by atoms with Crippen LogP contribution in [0.5, 0.6) is 11.5 Å². The topological polar surface area (TPSA) is 73.0 Å². The summed E-state index contributed by atoms with van der Waals surface area (Å²) in [5.41, 5.74) is 0.915. The number of benzene rings is 1. The lowest BCUT2D eigenvalue weighted by molar-refractivity contribution is 0.287. The first-order chi connectivity index (χ1) is 11.3. The van der Waals surface area contributed by atoms with Crippen molar-refractivity contribution in [1.29, 1.82) is 5.26 Å². The Labute approximate surface area is 136 Å². The molecule has 1 aromatic heterocycles. The highest BCUT2D eigenvalue weighted by Crippen LogP contribution is 2.17. The molecule has 0 saturated heterocycles. The summed E-state index contributed by atoms with van der Waals surface area (Å²) < 4.78 is 13.0. The summed E-state index contributed by atoms with van der Waals surface area (Å²) in [6.45, 7) is 3.97. The highest BCUT2D eigenvalue weighted by molar-refractivity contribution is 5.31. The van der Waals surface area contributed by atoms with Crippen LogP contribution in [0.3, 0.4) is 0 Å². The molecule has 0 spiro atoms. The summed E-state index contributed by atoms with van der Waals surface area (Å²) in [6.07, 6.45) is 5.05. The number of hydrogen-bond acceptors (Lipinski definition) is 5. The van der Waals surface area contributed by atoms with Crippen molar-refractivity contribution in [2.45, 2.75) is 39.2 Å². The minimum Gasteiger partial charge on any atom is -0.494 e. The van der Waals surface area contributed by atoms with E-state index < -0.39 is 0 Å². The van der Waals surface area contributed by atoms with Crippen LogP contribution < -0.4 is 9.47 Å². The van der Waals surface area contributed by atoms with Gasteiger partial charge >= 0.3 is 0 Å². The van der Waals surface area contributed by atoms with Crippen molar-refractivity contribution in [2.24, 2.45) is 0 Å². The van der Waals surface area contributed by atoms with Crippen LogP contribution in [0.25, 0.3) is 0 Å². The van der Waals surface area contributed by atoms with Gasteiger partial charge in [-0.05, 0) is 43.5 Å². The van der Waals surface area contributed by atoms with Crippen LogP contribution in [0.2, 0.25) is 0 Å². The lowest BCUT2D eigenvalue weighted by Crippen LogP contribution is -2.08. The number of rotatable bonds is 10. The van der Waals surface area contributed by atoms with E-state index in [1.54, 1.807) is 4.68 Å². The number of nitriles is 1. The highest BCUT2D eigenvalue weighted by Gasteiger charge is 2.01. The molecular weight excluding hydrogens is 292 g/mol. The average Bonchev–Trinajstić information content (AvgIpc) is 3.02. The number of nitrogens with zero attached hydrogens (tertiary/aromatic N) is 4. The molecule has 2 aromatic rings. The van der Waals surface area contributed by atoms with Crippen molar-refractivity contribution >= 4 is 0 Å². The summed E-state index contributed by atoms with van der Waals surface area (Å²) in [6, 6.07) is 9.75. The Hall–Kier alpha value is -2.55. The molecule has 0 fully saturated rings. The molecule has 23 heavy (non-hydrogen) atoms. The van der Waals surface area contributed by atoms with E-state index in [2.05, 4.69) is 23.3 Å². The van der Waals surface area contributed by atoms with Crippen LogP contribution in [0.4, 0.5) is 0 Å². The maximum absolute atomic E-state index is 8.52. The summed E-state index contributed by atoms with van der Waals surface area (Å²) in [4.78, 5) is 0. The predicted octanol–water partition coefficient (Wildman–Crippen LogP) is 2.99. The molecular formula is C17H22N4O2. The zero-order valence-electron chi connectivity index (χ0n) is 13.4. The summed E-state index contributed by atoms with van der Waals surface area (Å²) in [5.74, 6) is 1.67. The lowest BCUT2D eigenvalue weighted by Gasteiger charge is -2.08. The second-order valence-electron chi connectivity index (χ2n) is 5.15. The van der Waals surface area contributed by atoms with Crippen molar-refractivity contribution in [3.05, 3.63) is 36.2 Å². The normalized spacial score (nSPS) is 10.3. The van der Waals surface area contributed by atoms with E-state index in [1.165, 1.54) is 0 Å². The largest absolute Gasteiger partial charge is 0.494 e. The monoisotopic (exact) mass is 314 g/mol. The van der Waals surface area contributed by atoms with Gasteiger partial charge in [0.25, 0.3) is 0 Å². The van der Waals surface area contributed by atoms with Crippen LogP contribution in [0, 0.1) is 11.3 Å². The van der Waals surface area contributed by atoms with E-state index in [4.69, 9.17) is 14.7 Å².